The molecule has 76 valence electrons. The maximum Gasteiger partial charge on any atom is 0.143 e. The summed E-state index contributed by atoms with van der Waals surface area (Å²) in [6.07, 6.45) is 6.98. The first-order valence-electron chi connectivity index (χ1n) is 4.83. The zero-order valence-electron chi connectivity index (χ0n) is 7.76. The van der Waals surface area contributed by atoms with Gasteiger partial charge in [-0.05, 0) is 34.8 Å². The van der Waals surface area contributed by atoms with Crippen LogP contribution in [0, 0.1) is 0 Å². The number of pyridine rings is 1. The molecule has 0 bridgehead atoms. The fourth-order valence-corrected chi connectivity index (χ4v) is 2.26. The molecule has 0 saturated heterocycles. The highest BCUT2D eigenvalue weighted by atomic mass is 79.9. The lowest BCUT2D eigenvalue weighted by Gasteiger charge is -2.13. The van der Waals surface area contributed by atoms with Gasteiger partial charge in [-0.3, -0.25) is 0 Å². The Morgan fingerprint density at radius 1 is 1.43 bits per heavy atom. The van der Waals surface area contributed by atoms with Gasteiger partial charge in [0.05, 0.1) is 16.4 Å². The molecule has 4 heteroatoms. The molecule has 1 N–H and O–H groups in total. The highest BCUT2D eigenvalue weighted by Gasteiger charge is 2.14. The van der Waals surface area contributed by atoms with Crippen LogP contribution in [-0.4, -0.2) is 11.0 Å². The lowest BCUT2D eigenvalue weighted by Crippen LogP contribution is -2.14. The molecular weight excluding hydrogens is 263 g/mol. The summed E-state index contributed by atoms with van der Waals surface area (Å²) in [5, 5.41) is 3.97. The second-order valence-electron chi connectivity index (χ2n) is 3.62. The largest absolute Gasteiger partial charge is 0.381 e. The maximum atomic E-state index is 5.81. The van der Waals surface area contributed by atoms with E-state index in [2.05, 4.69) is 26.2 Å². The zero-order chi connectivity index (χ0) is 9.97. The monoisotopic (exact) mass is 274 g/mol. The van der Waals surface area contributed by atoms with E-state index in [1.54, 1.807) is 6.20 Å². The Kier molecular flexibility index (Phi) is 3.29. The first-order valence-corrected chi connectivity index (χ1v) is 6.00. The summed E-state index contributed by atoms with van der Waals surface area (Å²) in [7, 11) is 0. The first-order chi connectivity index (χ1) is 6.75. The summed E-state index contributed by atoms with van der Waals surface area (Å²) >= 11 is 9.17. The quantitative estimate of drug-likeness (QED) is 0.829. The molecule has 1 saturated carbocycles. The third-order valence-electron chi connectivity index (χ3n) is 2.52. The number of aromatic nitrogens is 1. The minimum Gasteiger partial charge on any atom is -0.381 e. The third kappa shape index (κ3) is 2.39. The number of anilines is 1. The highest BCUT2D eigenvalue weighted by molar-refractivity contribution is 9.10. The molecule has 1 aromatic rings. The van der Waals surface area contributed by atoms with Crippen molar-refractivity contribution in [3.8, 4) is 0 Å². The van der Waals surface area contributed by atoms with Crippen molar-refractivity contribution in [2.24, 2.45) is 0 Å². The van der Waals surface area contributed by atoms with E-state index in [4.69, 9.17) is 11.6 Å². The molecule has 0 amide bonds. The van der Waals surface area contributed by atoms with Crippen molar-refractivity contribution >= 4 is 33.2 Å². The second-order valence-corrected chi connectivity index (χ2v) is 4.83. The van der Waals surface area contributed by atoms with Crippen LogP contribution in [0.25, 0.3) is 0 Å². The van der Waals surface area contributed by atoms with Gasteiger partial charge in [0.2, 0.25) is 0 Å². The van der Waals surface area contributed by atoms with Gasteiger partial charge in [-0.1, -0.05) is 24.4 Å². The molecule has 14 heavy (non-hydrogen) atoms. The van der Waals surface area contributed by atoms with E-state index in [1.165, 1.54) is 25.7 Å². The van der Waals surface area contributed by atoms with E-state index in [9.17, 15) is 0 Å². The Balaban J connectivity index is 2.05. The predicted molar refractivity (Wildman–Crippen MR) is 62.8 cm³/mol. The summed E-state index contributed by atoms with van der Waals surface area (Å²) in [6, 6.07) is 2.60. The van der Waals surface area contributed by atoms with E-state index < -0.39 is 0 Å². The van der Waals surface area contributed by atoms with Crippen molar-refractivity contribution in [3.63, 3.8) is 0 Å². The lowest BCUT2D eigenvalue weighted by atomic mass is 10.2. The van der Waals surface area contributed by atoms with Gasteiger partial charge in [0.25, 0.3) is 0 Å². The Morgan fingerprint density at radius 2 is 2.14 bits per heavy atom. The minimum atomic E-state index is 0.516. The molecule has 1 heterocycles. The average molecular weight is 276 g/mol. The lowest BCUT2D eigenvalue weighted by molar-refractivity contribution is 0.754. The normalized spacial score (nSPS) is 17.3. The fraction of sp³-hybridized carbons (Fsp3) is 0.500. The highest BCUT2D eigenvalue weighted by Crippen LogP contribution is 2.26. The van der Waals surface area contributed by atoms with Crippen LogP contribution in [0.4, 0.5) is 5.69 Å². The van der Waals surface area contributed by atoms with E-state index in [0.29, 0.717) is 11.2 Å². The minimum absolute atomic E-state index is 0.516. The summed E-state index contributed by atoms with van der Waals surface area (Å²) < 4.78 is 0.849. The van der Waals surface area contributed by atoms with Gasteiger partial charge in [-0.25, -0.2) is 4.98 Å². The maximum absolute atomic E-state index is 5.81. The fourth-order valence-electron chi connectivity index (χ4n) is 1.81. The van der Waals surface area contributed by atoms with Gasteiger partial charge in [-0.2, -0.15) is 0 Å². The Bertz CT molecular complexity index is 324. The molecule has 1 aliphatic carbocycles. The number of hydrogen-bond acceptors (Lipinski definition) is 2. The van der Waals surface area contributed by atoms with Gasteiger partial charge < -0.3 is 5.32 Å². The van der Waals surface area contributed by atoms with Crippen molar-refractivity contribution < 1.29 is 0 Å². The molecule has 0 aromatic carbocycles. The molecule has 0 atom stereocenters. The van der Waals surface area contributed by atoms with Crippen LogP contribution in [0.3, 0.4) is 0 Å². The zero-order valence-corrected chi connectivity index (χ0v) is 10.1. The van der Waals surface area contributed by atoms with Gasteiger partial charge in [0, 0.05) is 6.04 Å². The topological polar surface area (TPSA) is 24.9 Å². The van der Waals surface area contributed by atoms with Gasteiger partial charge in [0.15, 0.2) is 0 Å². The summed E-state index contributed by atoms with van der Waals surface area (Å²) in [5.74, 6) is 0. The van der Waals surface area contributed by atoms with Crippen LogP contribution in [-0.2, 0) is 0 Å². The smallest absolute Gasteiger partial charge is 0.143 e. The number of rotatable bonds is 2. The molecule has 1 fully saturated rings. The van der Waals surface area contributed by atoms with E-state index in [0.717, 1.165) is 10.2 Å². The van der Waals surface area contributed by atoms with E-state index >= 15 is 0 Å². The third-order valence-corrected chi connectivity index (χ3v) is 3.66. The number of halogens is 2. The number of nitrogens with zero attached hydrogens (tertiary/aromatic N) is 1. The van der Waals surface area contributed by atoms with E-state index in [1.807, 2.05) is 6.07 Å². The van der Waals surface area contributed by atoms with Crippen LogP contribution >= 0.6 is 27.5 Å². The van der Waals surface area contributed by atoms with Crippen LogP contribution < -0.4 is 5.32 Å². The molecule has 0 unspecified atom stereocenters. The SMILES string of the molecule is Clc1ncc(NC2CCCC2)cc1Br. The van der Waals surface area contributed by atoms with Crippen LogP contribution in [0.1, 0.15) is 25.7 Å². The van der Waals surface area contributed by atoms with Crippen LogP contribution in [0.2, 0.25) is 5.15 Å². The Hall–Kier alpha value is -0.280. The average Bonchev–Trinajstić information content (AvgIpc) is 2.64. The van der Waals surface area contributed by atoms with Gasteiger partial charge in [0.1, 0.15) is 5.15 Å². The van der Waals surface area contributed by atoms with Crippen molar-refractivity contribution in [3.05, 3.63) is 21.9 Å². The summed E-state index contributed by atoms with van der Waals surface area (Å²) in [5.41, 5.74) is 1.05. The predicted octanol–water partition coefficient (Wildman–Crippen LogP) is 3.85. The molecule has 0 aliphatic heterocycles. The van der Waals surface area contributed by atoms with Gasteiger partial charge >= 0.3 is 0 Å². The first kappa shape index (κ1) is 10.2. The molecule has 0 spiro atoms. The van der Waals surface area contributed by atoms with E-state index in [-0.39, 0.29) is 0 Å². The van der Waals surface area contributed by atoms with Crippen molar-refractivity contribution in [1.29, 1.82) is 0 Å². The number of hydrogen-bond donors (Lipinski definition) is 1. The number of nitrogens with one attached hydrogen (secondary N) is 1. The van der Waals surface area contributed by atoms with Crippen molar-refractivity contribution in [2.45, 2.75) is 31.7 Å². The molecule has 1 aromatic heterocycles. The second kappa shape index (κ2) is 4.49. The molecular formula is C10H12BrClN2. The Labute approximate surface area is 97.2 Å². The van der Waals surface area contributed by atoms with Crippen molar-refractivity contribution in [2.75, 3.05) is 5.32 Å². The van der Waals surface area contributed by atoms with Crippen molar-refractivity contribution in [1.82, 2.24) is 4.98 Å². The Morgan fingerprint density at radius 3 is 2.79 bits per heavy atom. The van der Waals surface area contributed by atoms with Gasteiger partial charge in [-0.15, -0.1) is 0 Å². The summed E-state index contributed by atoms with van der Waals surface area (Å²) in [6.45, 7) is 0. The summed E-state index contributed by atoms with van der Waals surface area (Å²) in [4.78, 5) is 4.08. The molecule has 0 radical (unpaired) electrons. The molecule has 2 nitrogen and oxygen atoms in total. The van der Waals surface area contributed by atoms with Crippen LogP contribution in [0.5, 0.6) is 0 Å². The standard InChI is InChI=1S/C10H12BrClN2/c11-9-5-8(6-13-10(9)12)14-7-3-1-2-4-7/h5-7,14H,1-4H2. The molecule has 2 rings (SSSR count). The van der Waals surface area contributed by atoms with Crippen LogP contribution in [0.15, 0.2) is 16.7 Å². The molecule has 1 aliphatic rings.